The van der Waals surface area contributed by atoms with Gasteiger partial charge in [0.25, 0.3) is 0 Å². The summed E-state index contributed by atoms with van der Waals surface area (Å²) in [6, 6.07) is 20.5. The standard InChI is InChI=1S/C26H22N2O/c1-18-5-8-22(23-4-3-12-27-17-23)15-25(18)21-9-6-20(7-10-21)14-26(29)24-11-13-28-16-19(24)2/h3-13,15-17H,14H2,1-2H3. The zero-order chi connectivity index (χ0) is 20.2. The summed E-state index contributed by atoms with van der Waals surface area (Å²) in [4.78, 5) is 20.9. The minimum Gasteiger partial charge on any atom is -0.294 e. The monoisotopic (exact) mass is 378 g/mol. The highest BCUT2D eigenvalue weighted by molar-refractivity contribution is 5.98. The smallest absolute Gasteiger partial charge is 0.167 e. The largest absolute Gasteiger partial charge is 0.294 e. The molecular weight excluding hydrogens is 356 g/mol. The van der Waals surface area contributed by atoms with Crippen molar-refractivity contribution < 1.29 is 4.79 Å². The van der Waals surface area contributed by atoms with Gasteiger partial charge < -0.3 is 0 Å². The molecule has 0 spiro atoms. The molecule has 29 heavy (non-hydrogen) atoms. The Labute approximate surface area is 171 Å². The Morgan fingerprint density at radius 1 is 0.759 bits per heavy atom. The van der Waals surface area contributed by atoms with Crippen LogP contribution in [0, 0.1) is 13.8 Å². The highest BCUT2D eigenvalue weighted by atomic mass is 16.1. The Balaban J connectivity index is 1.58. The van der Waals surface area contributed by atoms with E-state index in [0.29, 0.717) is 6.42 Å². The molecule has 4 rings (SSSR count). The lowest BCUT2D eigenvalue weighted by molar-refractivity contribution is 0.0992. The van der Waals surface area contributed by atoms with E-state index in [-0.39, 0.29) is 5.78 Å². The van der Waals surface area contributed by atoms with Crippen LogP contribution in [-0.2, 0) is 6.42 Å². The van der Waals surface area contributed by atoms with E-state index < -0.39 is 0 Å². The summed E-state index contributed by atoms with van der Waals surface area (Å²) in [7, 11) is 0. The van der Waals surface area contributed by atoms with Crippen molar-refractivity contribution in [2.75, 3.05) is 0 Å². The van der Waals surface area contributed by atoms with Crippen molar-refractivity contribution >= 4 is 5.78 Å². The minimum atomic E-state index is 0.118. The molecule has 0 saturated heterocycles. The van der Waals surface area contributed by atoms with Crippen molar-refractivity contribution in [2.45, 2.75) is 20.3 Å². The number of aryl methyl sites for hydroxylation is 2. The Morgan fingerprint density at radius 3 is 2.24 bits per heavy atom. The zero-order valence-corrected chi connectivity index (χ0v) is 16.6. The SMILES string of the molecule is Cc1cnccc1C(=O)Cc1ccc(-c2cc(-c3cccnc3)ccc2C)cc1. The van der Waals surface area contributed by atoms with Gasteiger partial charge in [-0.3, -0.25) is 14.8 Å². The maximum atomic E-state index is 12.6. The first-order valence-electron chi connectivity index (χ1n) is 9.66. The third-order valence-corrected chi connectivity index (χ3v) is 5.18. The maximum absolute atomic E-state index is 12.6. The average molecular weight is 378 g/mol. The van der Waals surface area contributed by atoms with Crippen LogP contribution < -0.4 is 0 Å². The molecule has 2 aromatic heterocycles. The fourth-order valence-electron chi connectivity index (χ4n) is 3.52. The highest BCUT2D eigenvalue weighted by Gasteiger charge is 2.11. The number of nitrogens with zero attached hydrogens (tertiary/aromatic N) is 2. The summed E-state index contributed by atoms with van der Waals surface area (Å²) >= 11 is 0. The Hall–Kier alpha value is -3.59. The van der Waals surface area contributed by atoms with Gasteiger partial charge in [0.05, 0.1) is 0 Å². The highest BCUT2D eigenvalue weighted by Crippen LogP contribution is 2.29. The normalized spacial score (nSPS) is 10.7. The molecule has 2 heterocycles. The number of carbonyl (C=O) groups excluding carboxylic acids is 1. The first kappa shape index (κ1) is 18.8. The van der Waals surface area contributed by atoms with Gasteiger partial charge in [-0.15, -0.1) is 0 Å². The van der Waals surface area contributed by atoms with Crippen LogP contribution in [0.3, 0.4) is 0 Å². The van der Waals surface area contributed by atoms with Crippen molar-refractivity contribution in [1.82, 2.24) is 9.97 Å². The van der Waals surface area contributed by atoms with Crippen LogP contribution in [0.15, 0.2) is 85.5 Å². The fraction of sp³-hybridized carbons (Fsp3) is 0.115. The molecule has 0 fully saturated rings. The average Bonchev–Trinajstić information content (AvgIpc) is 2.76. The Kier molecular flexibility index (Phi) is 5.30. The van der Waals surface area contributed by atoms with Gasteiger partial charge in [-0.25, -0.2) is 0 Å². The van der Waals surface area contributed by atoms with Gasteiger partial charge in [0.1, 0.15) is 0 Å². The molecule has 0 aliphatic carbocycles. The quantitative estimate of drug-likeness (QED) is 0.409. The molecule has 2 aromatic carbocycles. The van der Waals surface area contributed by atoms with E-state index in [4.69, 9.17) is 0 Å². The summed E-state index contributed by atoms with van der Waals surface area (Å²) in [5.41, 5.74) is 8.46. The molecule has 0 N–H and O–H groups in total. The molecule has 142 valence electrons. The molecule has 0 atom stereocenters. The van der Waals surface area contributed by atoms with E-state index in [0.717, 1.165) is 33.4 Å². The number of Topliss-reactive ketones (excluding diaryl/α,β-unsaturated/α-hetero) is 1. The van der Waals surface area contributed by atoms with Crippen molar-refractivity contribution in [1.29, 1.82) is 0 Å². The number of hydrogen-bond acceptors (Lipinski definition) is 3. The van der Waals surface area contributed by atoms with Gasteiger partial charge in [0, 0.05) is 42.3 Å². The number of hydrogen-bond donors (Lipinski definition) is 0. The van der Waals surface area contributed by atoms with Crippen molar-refractivity contribution in [3.63, 3.8) is 0 Å². The maximum Gasteiger partial charge on any atom is 0.167 e. The molecule has 3 nitrogen and oxygen atoms in total. The summed E-state index contributed by atoms with van der Waals surface area (Å²) in [5, 5.41) is 0. The second-order valence-corrected chi connectivity index (χ2v) is 7.26. The number of aromatic nitrogens is 2. The molecule has 0 saturated carbocycles. The van der Waals surface area contributed by atoms with Crippen LogP contribution in [-0.4, -0.2) is 15.8 Å². The van der Waals surface area contributed by atoms with Crippen LogP contribution >= 0.6 is 0 Å². The molecule has 3 heteroatoms. The second-order valence-electron chi connectivity index (χ2n) is 7.26. The Bertz CT molecular complexity index is 1150. The number of rotatable bonds is 5. The third kappa shape index (κ3) is 4.14. The van der Waals surface area contributed by atoms with Gasteiger partial charge in [-0.2, -0.15) is 0 Å². The van der Waals surface area contributed by atoms with Gasteiger partial charge in [0.15, 0.2) is 5.78 Å². The summed E-state index contributed by atoms with van der Waals surface area (Å²) in [6.07, 6.45) is 7.45. The molecule has 0 bridgehead atoms. The van der Waals surface area contributed by atoms with Gasteiger partial charge in [-0.05, 0) is 65.4 Å². The number of pyridine rings is 2. The van der Waals surface area contributed by atoms with E-state index in [1.54, 1.807) is 24.7 Å². The van der Waals surface area contributed by atoms with Crippen LogP contribution in [0.2, 0.25) is 0 Å². The molecule has 0 radical (unpaired) electrons. The van der Waals surface area contributed by atoms with Crippen LogP contribution in [0.4, 0.5) is 0 Å². The van der Waals surface area contributed by atoms with Crippen LogP contribution in [0.5, 0.6) is 0 Å². The fourth-order valence-corrected chi connectivity index (χ4v) is 3.52. The van der Waals surface area contributed by atoms with Crippen LogP contribution in [0.25, 0.3) is 22.3 Å². The number of benzene rings is 2. The van der Waals surface area contributed by atoms with Crippen molar-refractivity contribution in [3.8, 4) is 22.3 Å². The van der Waals surface area contributed by atoms with E-state index in [1.807, 2.05) is 31.3 Å². The first-order valence-corrected chi connectivity index (χ1v) is 9.66. The van der Waals surface area contributed by atoms with Gasteiger partial charge >= 0.3 is 0 Å². The summed E-state index contributed by atoms with van der Waals surface area (Å²) < 4.78 is 0. The van der Waals surface area contributed by atoms with E-state index in [2.05, 4.69) is 53.3 Å². The predicted molar refractivity (Wildman–Crippen MR) is 117 cm³/mol. The molecule has 0 unspecified atom stereocenters. The zero-order valence-electron chi connectivity index (χ0n) is 16.6. The van der Waals surface area contributed by atoms with Crippen LogP contribution in [0.1, 0.15) is 27.0 Å². The number of ketones is 1. The third-order valence-electron chi connectivity index (χ3n) is 5.18. The summed E-state index contributed by atoms with van der Waals surface area (Å²) in [5.74, 6) is 0.118. The van der Waals surface area contributed by atoms with Crippen molar-refractivity contribution in [3.05, 3.63) is 108 Å². The van der Waals surface area contributed by atoms with E-state index >= 15 is 0 Å². The molecule has 4 aromatic rings. The molecule has 0 amide bonds. The topological polar surface area (TPSA) is 42.9 Å². The van der Waals surface area contributed by atoms with E-state index in [1.165, 1.54) is 11.1 Å². The molecular formula is C26H22N2O. The van der Waals surface area contributed by atoms with Crippen molar-refractivity contribution in [2.24, 2.45) is 0 Å². The second kappa shape index (κ2) is 8.19. The van der Waals surface area contributed by atoms with Gasteiger partial charge in [0.2, 0.25) is 0 Å². The first-order chi connectivity index (χ1) is 14.1. The molecule has 0 aliphatic heterocycles. The molecule has 0 aliphatic rings. The summed E-state index contributed by atoms with van der Waals surface area (Å²) in [6.45, 7) is 4.04. The lowest BCUT2D eigenvalue weighted by atomic mass is 9.94. The number of carbonyl (C=O) groups is 1. The lowest BCUT2D eigenvalue weighted by Gasteiger charge is -2.11. The van der Waals surface area contributed by atoms with E-state index in [9.17, 15) is 4.79 Å². The van der Waals surface area contributed by atoms with Gasteiger partial charge in [-0.1, -0.05) is 42.5 Å². The predicted octanol–water partition coefficient (Wildman–Crippen LogP) is 5.85. The minimum absolute atomic E-state index is 0.118. The Morgan fingerprint density at radius 2 is 1.52 bits per heavy atom. The lowest BCUT2D eigenvalue weighted by Crippen LogP contribution is -2.05.